The summed E-state index contributed by atoms with van der Waals surface area (Å²) in [5.74, 6) is 0. The smallest absolute Gasteiger partial charge is 0.383 e. The third kappa shape index (κ3) is 1.61. The molecule has 1 saturated heterocycles. The lowest BCUT2D eigenvalue weighted by atomic mass is 10.2. The van der Waals surface area contributed by atoms with Gasteiger partial charge in [-0.05, 0) is 19.3 Å². The van der Waals surface area contributed by atoms with Gasteiger partial charge in [-0.3, -0.25) is 0 Å². The van der Waals surface area contributed by atoms with Gasteiger partial charge in [-0.15, -0.1) is 0 Å². The summed E-state index contributed by atoms with van der Waals surface area (Å²) in [6.07, 6.45) is 4.01. The molecule has 1 aliphatic heterocycles. The first kappa shape index (κ1) is 5.32. The fourth-order valence-corrected chi connectivity index (χ4v) is 1.55. The average Bonchev–Trinajstić information content (AvgIpc) is 1.69. The van der Waals surface area contributed by atoms with Crippen LogP contribution in [0.15, 0.2) is 0 Å². The van der Waals surface area contributed by atoms with Crippen molar-refractivity contribution >= 4 is 10.2 Å². The Hall–Kier alpha value is 0.177. The molecule has 0 bridgehead atoms. The predicted molar refractivity (Wildman–Crippen MR) is 34.6 cm³/mol. The maximum atomic E-state index is 5.34. The van der Waals surface area contributed by atoms with Gasteiger partial charge in [0.1, 0.15) is 0 Å². The van der Waals surface area contributed by atoms with E-state index in [0.29, 0.717) is 5.73 Å². The van der Waals surface area contributed by atoms with Gasteiger partial charge in [-0.2, -0.15) is 0 Å². The van der Waals surface area contributed by atoms with Gasteiger partial charge in [-0.25, -0.2) is 0 Å². The Morgan fingerprint density at radius 3 is 2.71 bits per heavy atom. The standard InChI is InChI=1S/C5H12OSi/c7-5-3-1-2-4-6-5/h5H,1-4H2,7H3/p+1. The Kier molecular flexibility index (Phi) is 1.88. The summed E-state index contributed by atoms with van der Waals surface area (Å²) < 4.78 is 5.34. The molecule has 0 aromatic carbocycles. The maximum Gasteiger partial charge on any atom is 1.00 e. The molecule has 42 valence electrons. The van der Waals surface area contributed by atoms with Crippen LogP contribution in [-0.4, -0.2) is 22.6 Å². The Labute approximate surface area is 49.0 Å². The van der Waals surface area contributed by atoms with E-state index in [1.165, 1.54) is 29.5 Å². The summed E-state index contributed by atoms with van der Waals surface area (Å²) in [7, 11) is 1.23. The van der Waals surface area contributed by atoms with Crippen LogP contribution in [0.5, 0.6) is 0 Å². The van der Waals surface area contributed by atoms with Gasteiger partial charge in [0.05, 0.1) is 0 Å². The van der Waals surface area contributed by atoms with Crippen molar-refractivity contribution in [3.05, 3.63) is 0 Å². The minimum absolute atomic E-state index is 0. The Balaban J connectivity index is 0.000000490. The lowest BCUT2D eigenvalue weighted by Crippen LogP contribution is -2.18. The van der Waals surface area contributed by atoms with Crippen molar-refractivity contribution in [1.29, 1.82) is 0 Å². The Morgan fingerprint density at radius 1 is 1.57 bits per heavy atom. The molecule has 1 unspecified atom stereocenters. The largest absolute Gasteiger partial charge is 1.00 e. The molecule has 0 saturated carbocycles. The average molecular weight is 117 g/mol. The molecule has 0 aliphatic carbocycles. The van der Waals surface area contributed by atoms with Gasteiger partial charge in [0, 0.05) is 22.6 Å². The summed E-state index contributed by atoms with van der Waals surface area (Å²) in [6.45, 7) is 1.02. The van der Waals surface area contributed by atoms with Crippen LogP contribution in [0, 0.1) is 0 Å². The molecule has 0 aromatic heterocycles. The molecule has 0 amide bonds. The molecule has 0 N–H and O–H groups in total. The van der Waals surface area contributed by atoms with E-state index < -0.39 is 0 Å². The van der Waals surface area contributed by atoms with E-state index in [1.807, 2.05) is 0 Å². The van der Waals surface area contributed by atoms with Gasteiger partial charge in [0.25, 0.3) is 0 Å². The van der Waals surface area contributed by atoms with Crippen molar-refractivity contribution in [3.8, 4) is 0 Å². The van der Waals surface area contributed by atoms with E-state index in [9.17, 15) is 0 Å². The molecule has 1 heterocycles. The minimum Gasteiger partial charge on any atom is -0.383 e. The van der Waals surface area contributed by atoms with Crippen molar-refractivity contribution in [2.24, 2.45) is 0 Å². The maximum absolute atomic E-state index is 5.34. The van der Waals surface area contributed by atoms with Gasteiger partial charge in [0.15, 0.2) is 0 Å². The van der Waals surface area contributed by atoms with E-state index >= 15 is 0 Å². The van der Waals surface area contributed by atoms with Crippen molar-refractivity contribution in [1.82, 2.24) is 0 Å². The zero-order valence-corrected chi connectivity index (χ0v) is 6.81. The van der Waals surface area contributed by atoms with Crippen molar-refractivity contribution in [2.45, 2.75) is 25.0 Å². The van der Waals surface area contributed by atoms with Crippen LogP contribution >= 0.6 is 0 Å². The van der Waals surface area contributed by atoms with Crippen LogP contribution in [0.25, 0.3) is 0 Å². The molecular weight excluding hydrogens is 104 g/mol. The highest BCUT2D eigenvalue weighted by molar-refractivity contribution is 6.10. The van der Waals surface area contributed by atoms with Crippen LogP contribution in [0.1, 0.15) is 20.7 Å². The molecule has 0 radical (unpaired) electrons. The molecular formula is C5H13OSi+. The third-order valence-corrected chi connectivity index (χ3v) is 2.32. The van der Waals surface area contributed by atoms with E-state index in [1.54, 1.807) is 0 Å². The number of rotatable bonds is 0. The molecule has 1 nitrogen and oxygen atoms in total. The first-order chi connectivity index (χ1) is 3.39. The summed E-state index contributed by atoms with van der Waals surface area (Å²) in [6, 6.07) is 0. The second-order valence-corrected chi connectivity index (χ2v) is 3.47. The van der Waals surface area contributed by atoms with Crippen LogP contribution in [0.2, 0.25) is 0 Å². The first-order valence-electron chi connectivity index (χ1n) is 3.01. The Bertz CT molecular complexity index is 54.4. The van der Waals surface area contributed by atoms with E-state index in [4.69, 9.17) is 4.74 Å². The summed E-state index contributed by atoms with van der Waals surface area (Å²) >= 11 is 0. The fraction of sp³-hybridized carbons (Fsp3) is 1.00. The van der Waals surface area contributed by atoms with Crippen molar-refractivity contribution in [3.63, 3.8) is 0 Å². The van der Waals surface area contributed by atoms with Gasteiger partial charge >= 0.3 is 1.43 Å². The normalized spacial score (nSPS) is 33.4. The fourth-order valence-electron chi connectivity index (χ4n) is 0.902. The van der Waals surface area contributed by atoms with E-state index in [2.05, 4.69) is 0 Å². The number of hydrogen-bond acceptors (Lipinski definition) is 1. The van der Waals surface area contributed by atoms with E-state index in [0.717, 1.165) is 6.61 Å². The highest BCUT2D eigenvalue weighted by Crippen LogP contribution is 2.08. The zero-order valence-electron chi connectivity index (χ0n) is 5.81. The van der Waals surface area contributed by atoms with Gasteiger partial charge < -0.3 is 4.74 Å². The molecule has 1 aliphatic rings. The van der Waals surface area contributed by atoms with Crippen molar-refractivity contribution < 1.29 is 6.16 Å². The number of hydrogen-bond donors (Lipinski definition) is 0. The monoisotopic (exact) mass is 117 g/mol. The van der Waals surface area contributed by atoms with Crippen molar-refractivity contribution in [2.75, 3.05) is 6.61 Å². The molecule has 1 fully saturated rings. The topological polar surface area (TPSA) is 9.23 Å². The predicted octanol–water partition coefficient (Wildman–Crippen LogP) is -0.00910. The molecule has 7 heavy (non-hydrogen) atoms. The highest BCUT2D eigenvalue weighted by atomic mass is 28.1. The SMILES string of the molecule is [H+].[SiH3]C1CCCCO1. The minimum atomic E-state index is 0. The van der Waals surface area contributed by atoms with Crippen LogP contribution in [-0.2, 0) is 4.74 Å². The molecule has 1 rings (SSSR count). The molecule has 2 heteroatoms. The lowest BCUT2D eigenvalue weighted by Gasteiger charge is -2.17. The number of ether oxygens (including phenoxy) is 1. The quantitative estimate of drug-likeness (QED) is 0.406. The summed E-state index contributed by atoms with van der Waals surface area (Å²) in [5.41, 5.74) is 0.675. The third-order valence-electron chi connectivity index (χ3n) is 1.41. The molecule has 0 spiro atoms. The summed E-state index contributed by atoms with van der Waals surface area (Å²) in [5, 5.41) is 0. The van der Waals surface area contributed by atoms with Crippen LogP contribution < -0.4 is 0 Å². The van der Waals surface area contributed by atoms with Gasteiger partial charge in [0.2, 0.25) is 0 Å². The van der Waals surface area contributed by atoms with Crippen LogP contribution in [0.3, 0.4) is 0 Å². The highest BCUT2D eigenvalue weighted by Gasteiger charge is 2.05. The van der Waals surface area contributed by atoms with Gasteiger partial charge in [-0.1, -0.05) is 0 Å². The lowest BCUT2D eigenvalue weighted by molar-refractivity contribution is 0.0675. The first-order valence-corrected chi connectivity index (χ1v) is 4.16. The molecule has 0 aromatic rings. The second kappa shape index (κ2) is 2.48. The molecule has 1 atom stereocenters. The second-order valence-electron chi connectivity index (χ2n) is 2.18. The van der Waals surface area contributed by atoms with Crippen LogP contribution in [0.4, 0.5) is 0 Å². The Morgan fingerprint density at radius 2 is 2.43 bits per heavy atom. The summed E-state index contributed by atoms with van der Waals surface area (Å²) in [4.78, 5) is 0. The van der Waals surface area contributed by atoms with E-state index in [-0.39, 0.29) is 1.43 Å². The zero-order chi connectivity index (χ0) is 5.11.